The monoisotopic (exact) mass is 300 g/mol. The summed E-state index contributed by atoms with van der Waals surface area (Å²) in [5, 5.41) is 0. The Labute approximate surface area is 131 Å². The van der Waals surface area contributed by atoms with Gasteiger partial charge in [-0.25, -0.2) is 4.98 Å². The topological polar surface area (TPSA) is 45.4 Å². The van der Waals surface area contributed by atoms with Crippen LogP contribution in [0.3, 0.4) is 0 Å². The van der Waals surface area contributed by atoms with Crippen molar-refractivity contribution in [2.24, 2.45) is 0 Å². The molecule has 0 aliphatic carbocycles. The molecule has 2 aliphatic heterocycles. The highest BCUT2D eigenvalue weighted by atomic mass is 16.4. The van der Waals surface area contributed by atoms with Crippen molar-refractivity contribution < 1.29 is 4.42 Å². The Morgan fingerprint density at radius 1 is 1.09 bits per heavy atom. The number of aromatic nitrogens is 2. The number of piperidine rings is 2. The van der Waals surface area contributed by atoms with Crippen LogP contribution in [0, 0.1) is 6.92 Å². The van der Waals surface area contributed by atoms with Crippen molar-refractivity contribution >= 4 is 17.2 Å². The molecule has 0 unspecified atom stereocenters. The maximum atomic E-state index is 5.91. The fraction of sp³-hybridized carbons (Fsp3) is 0.647. The van der Waals surface area contributed by atoms with Gasteiger partial charge in [-0.2, -0.15) is 4.98 Å². The van der Waals surface area contributed by atoms with E-state index >= 15 is 0 Å². The lowest BCUT2D eigenvalue weighted by atomic mass is 10.0. The summed E-state index contributed by atoms with van der Waals surface area (Å²) in [6.45, 7) is 6.67. The van der Waals surface area contributed by atoms with E-state index in [-0.39, 0.29) is 0 Å². The number of pyridine rings is 1. The summed E-state index contributed by atoms with van der Waals surface area (Å²) in [6.07, 6.45) is 8.42. The fourth-order valence-electron chi connectivity index (χ4n) is 3.75. The maximum absolute atomic E-state index is 5.91. The van der Waals surface area contributed by atoms with Gasteiger partial charge >= 0.3 is 0 Å². The SMILES string of the molecule is Cc1cnc2nc(N3CCC(N4CCCCC4)CC3)oc2c1. The van der Waals surface area contributed by atoms with Crippen molar-refractivity contribution in [1.82, 2.24) is 14.9 Å². The highest BCUT2D eigenvalue weighted by Gasteiger charge is 2.27. The Balaban J connectivity index is 1.43. The molecule has 2 aromatic heterocycles. The van der Waals surface area contributed by atoms with Gasteiger partial charge in [-0.15, -0.1) is 0 Å². The number of hydrogen-bond donors (Lipinski definition) is 0. The zero-order valence-electron chi connectivity index (χ0n) is 13.3. The molecule has 2 aliphatic rings. The van der Waals surface area contributed by atoms with Gasteiger partial charge in [0, 0.05) is 25.3 Å². The zero-order chi connectivity index (χ0) is 14.9. The lowest BCUT2D eigenvalue weighted by molar-refractivity contribution is 0.140. The number of aryl methyl sites for hydroxylation is 1. The van der Waals surface area contributed by atoms with Crippen LogP contribution in [0.1, 0.15) is 37.7 Å². The Bertz CT molecular complexity index is 639. The van der Waals surface area contributed by atoms with Crippen molar-refractivity contribution in [3.8, 4) is 0 Å². The molecule has 2 fully saturated rings. The van der Waals surface area contributed by atoms with E-state index in [9.17, 15) is 0 Å². The molecule has 0 aromatic carbocycles. The predicted molar refractivity (Wildman–Crippen MR) is 87.2 cm³/mol. The average Bonchev–Trinajstić information content (AvgIpc) is 2.99. The van der Waals surface area contributed by atoms with Gasteiger partial charge in [-0.1, -0.05) is 6.42 Å². The Hall–Kier alpha value is -1.62. The molecule has 2 saturated heterocycles. The smallest absolute Gasteiger partial charge is 0.299 e. The summed E-state index contributed by atoms with van der Waals surface area (Å²) in [7, 11) is 0. The van der Waals surface area contributed by atoms with Crippen LogP contribution in [-0.4, -0.2) is 47.1 Å². The van der Waals surface area contributed by atoms with Gasteiger partial charge in [0.1, 0.15) is 0 Å². The standard InChI is InChI=1S/C17H24N4O/c1-13-11-15-16(18-12-13)19-17(22-15)21-9-5-14(6-10-21)20-7-3-2-4-8-20/h11-12,14H,2-10H2,1H3. The molecule has 4 heterocycles. The second-order valence-electron chi connectivity index (χ2n) is 6.65. The second kappa shape index (κ2) is 5.88. The Kier molecular flexibility index (Phi) is 3.74. The molecule has 118 valence electrons. The van der Waals surface area contributed by atoms with Crippen molar-refractivity contribution in [2.45, 2.75) is 45.1 Å². The predicted octanol–water partition coefficient (Wildman–Crippen LogP) is 2.99. The molecule has 5 nitrogen and oxygen atoms in total. The molecule has 2 aromatic rings. The van der Waals surface area contributed by atoms with Crippen LogP contribution in [0.25, 0.3) is 11.2 Å². The minimum Gasteiger partial charge on any atom is -0.422 e. The maximum Gasteiger partial charge on any atom is 0.299 e. The van der Waals surface area contributed by atoms with Gasteiger partial charge in [0.25, 0.3) is 6.01 Å². The molecule has 0 amide bonds. The molecule has 5 heteroatoms. The zero-order valence-corrected chi connectivity index (χ0v) is 13.3. The summed E-state index contributed by atoms with van der Waals surface area (Å²) in [6, 6.07) is 3.51. The first kappa shape index (κ1) is 14.0. The highest BCUT2D eigenvalue weighted by Crippen LogP contribution is 2.26. The summed E-state index contributed by atoms with van der Waals surface area (Å²) < 4.78 is 5.91. The lowest BCUT2D eigenvalue weighted by Gasteiger charge is -2.39. The average molecular weight is 300 g/mol. The Morgan fingerprint density at radius 3 is 2.64 bits per heavy atom. The third kappa shape index (κ3) is 2.70. The summed E-state index contributed by atoms with van der Waals surface area (Å²) in [4.78, 5) is 13.9. The lowest BCUT2D eigenvalue weighted by Crippen LogP contribution is -2.46. The first-order valence-electron chi connectivity index (χ1n) is 8.52. The molecule has 0 N–H and O–H groups in total. The minimum atomic E-state index is 0.721. The summed E-state index contributed by atoms with van der Waals surface area (Å²) >= 11 is 0. The van der Waals surface area contributed by atoms with E-state index in [1.54, 1.807) is 0 Å². The molecule has 0 spiro atoms. The van der Waals surface area contributed by atoms with E-state index in [0.29, 0.717) is 0 Å². The molecule has 0 saturated carbocycles. The van der Waals surface area contributed by atoms with Crippen molar-refractivity contribution in [3.05, 3.63) is 17.8 Å². The molecular formula is C17H24N4O. The van der Waals surface area contributed by atoms with Crippen LogP contribution in [0.5, 0.6) is 0 Å². The summed E-state index contributed by atoms with van der Waals surface area (Å²) in [5.74, 6) is 0. The quantitative estimate of drug-likeness (QED) is 0.853. The van der Waals surface area contributed by atoms with Crippen LogP contribution in [0.15, 0.2) is 16.7 Å². The Morgan fingerprint density at radius 2 is 1.86 bits per heavy atom. The molecule has 4 rings (SSSR count). The van der Waals surface area contributed by atoms with E-state index in [1.807, 2.05) is 19.2 Å². The molecule has 0 radical (unpaired) electrons. The van der Waals surface area contributed by atoms with E-state index in [2.05, 4.69) is 19.8 Å². The third-order valence-corrected chi connectivity index (χ3v) is 5.01. The van der Waals surface area contributed by atoms with Gasteiger partial charge in [-0.05, 0) is 57.3 Å². The van der Waals surface area contributed by atoms with Crippen molar-refractivity contribution in [2.75, 3.05) is 31.1 Å². The van der Waals surface area contributed by atoms with E-state index in [0.717, 1.165) is 41.9 Å². The number of oxazole rings is 1. The number of rotatable bonds is 2. The van der Waals surface area contributed by atoms with E-state index in [4.69, 9.17) is 4.42 Å². The van der Waals surface area contributed by atoms with E-state index < -0.39 is 0 Å². The van der Waals surface area contributed by atoms with Gasteiger partial charge < -0.3 is 14.2 Å². The number of nitrogens with zero attached hydrogens (tertiary/aromatic N) is 4. The van der Waals surface area contributed by atoms with Crippen LogP contribution < -0.4 is 4.90 Å². The van der Waals surface area contributed by atoms with Gasteiger partial charge in [0.05, 0.1) is 0 Å². The minimum absolute atomic E-state index is 0.721. The molecule has 22 heavy (non-hydrogen) atoms. The molecule has 0 bridgehead atoms. The molecule has 0 atom stereocenters. The number of anilines is 1. The third-order valence-electron chi connectivity index (χ3n) is 5.01. The highest BCUT2D eigenvalue weighted by molar-refractivity contribution is 5.70. The van der Waals surface area contributed by atoms with Crippen LogP contribution >= 0.6 is 0 Å². The van der Waals surface area contributed by atoms with Crippen molar-refractivity contribution in [1.29, 1.82) is 0 Å². The number of likely N-dealkylation sites (tertiary alicyclic amines) is 1. The molecular weight excluding hydrogens is 276 g/mol. The number of hydrogen-bond acceptors (Lipinski definition) is 5. The largest absolute Gasteiger partial charge is 0.422 e. The van der Waals surface area contributed by atoms with E-state index in [1.165, 1.54) is 45.2 Å². The van der Waals surface area contributed by atoms with Crippen LogP contribution in [0.2, 0.25) is 0 Å². The van der Waals surface area contributed by atoms with Gasteiger partial charge in [0.2, 0.25) is 5.65 Å². The van der Waals surface area contributed by atoms with Gasteiger partial charge in [0.15, 0.2) is 5.58 Å². The number of fused-ring (bicyclic) bond motifs is 1. The second-order valence-corrected chi connectivity index (χ2v) is 6.65. The summed E-state index contributed by atoms with van der Waals surface area (Å²) in [5.41, 5.74) is 2.63. The normalized spacial score (nSPS) is 21.6. The van der Waals surface area contributed by atoms with Crippen molar-refractivity contribution in [3.63, 3.8) is 0 Å². The first-order chi connectivity index (χ1) is 10.8. The van der Waals surface area contributed by atoms with Crippen LogP contribution in [0.4, 0.5) is 6.01 Å². The van der Waals surface area contributed by atoms with Crippen LogP contribution in [-0.2, 0) is 0 Å². The van der Waals surface area contributed by atoms with Gasteiger partial charge in [-0.3, -0.25) is 0 Å². The first-order valence-corrected chi connectivity index (χ1v) is 8.52. The fourth-order valence-corrected chi connectivity index (χ4v) is 3.75.